The smallest absolute Gasteiger partial charge is 0.246 e. The summed E-state index contributed by atoms with van der Waals surface area (Å²) >= 11 is 0. The number of amides is 1. The minimum absolute atomic E-state index is 0.0469. The van der Waals surface area contributed by atoms with Gasteiger partial charge >= 0.3 is 0 Å². The van der Waals surface area contributed by atoms with Crippen LogP contribution in [0.5, 0.6) is 0 Å². The first-order chi connectivity index (χ1) is 5.78. The zero-order valence-corrected chi connectivity index (χ0v) is 7.08. The van der Waals surface area contributed by atoms with Crippen LogP contribution in [0.25, 0.3) is 0 Å². The summed E-state index contributed by atoms with van der Waals surface area (Å²) in [5.74, 6) is 0.0479. The summed E-state index contributed by atoms with van der Waals surface area (Å²) in [6.07, 6.45) is 3.47. The van der Waals surface area contributed by atoms with Crippen LogP contribution >= 0.6 is 0 Å². The molecule has 1 amide bonds. The minimum Gasteiger partial charge on any atom is -0.379 e. The topological polar surface area (TPSA) is 29.5 Å². The van der Waals surface area contributed by atoms with E-state index in [1.165, 1.54) is 6.08 Å². The van der Waals surface area contributed by atoms with E-state index in [2.05, 4.69) is 6.58 Å². The highest BCUT2D eigenvalue weighted by molar-refractivity contribution is 5.88. The third-order valence-corrected chi connectivity index (χ3v) is 2.90. The first-order valence-corrected chi connectivity index (χ1v) is 4.30. The number of likely N-dealkylation sites (tertiary alicyclic amines) is 1. The quantitative estimate of drug-likeness (QED) is 0.534. The van der Waals surface area contributed by atoms with Gasteiger partial charge in [-0.15, -0.1) is 0 Å². The van der Waals surface area contributed by atoms with Crippen LogP contribution in [0.2, 0.25) is 0 Å². The third-order valence-electron chi connectivity index (χ3n) is 2.90. The first kappa shape index (κ1) is 7.80. The molecule has 0 saturated carbocycles. The fraction of sp³-hybridized carbons (Fsp3) is 0.667. The van der Waals surface area contributed by atoms with Gasteiger partial charge in [0, 0.05) is 13.2 Å². The molecule has 0 aliphatic carbocycles. The van der Waals surface area contributed by atoms with E-state index < -0.39 is 0 Å². The molecule has 1 spiro atoms. The summed E-state index contributed by atoms with van der Waals surface area (Å²) in [5, 5.41) is 0. The highest BCUT2D eigenvalue weighted by Crippen LogP contribution is 2.37. The van der Waals surface area contributed by atoms with E-state index >= 15 is 0 Å². The number of carbonyl (C=O) groups excluding carboxylic acids is 1. The SMILES string of the molecule is C=CC(=O)N1CCC12CCOC2. The second-order valence-corrected chi connectivity index (χ2v) is 3.47. The van der Waals surface area contributed by atoms with Crippen LogP contribution in [0.1, 0.15) is 12.8 Å². The highest BCUT2D eigenvalue weighted by atomic mass is 16.5. The molecular formula is C9H13NO2. The van der Waals surface area contributed by atoms with E-state index in [9.17, 15) is 4.79 Å². The van der Waals surface area contributed by atoms with Gasteiger partial charge < -0.3 is 9.64 Å². The number of nitrogens with zero attached hydrogens (tertiary/aromatic N) is 1. The predicted octanol–water partition coefficient (Wildman–Crippen LogP) is 0.564. The van der Waals surface area contributed by atoms with Crippen molar-refractivity contribution in [3.8, 4) is 0 Å². The van der Waals surface area contributed by atoms with Crippen molar-refractivity contribution in [3.63, 3.8) is 0 Å². The molecule has 2 fully saturated rings. The van der Waals surface area contributed by atoms with Gasteiger partial charge in [0.2, 0.25) is 5.91 Å². The molecule has 0 aromatic rings. The zero-order valence-electron chi connectivity index (χ0n) is 7.08. The van der Waals surface area contributed by atoms with Crippen LogP contribution in [-0.4, -0.2) is 36.1 Å². The van der Waals surface area contributed by atoms with Crippen LogP contribution in [-0.2, 0) is 9.53 Å². The Kier molecular flexibility index (Phi) is 1.68. The number of hydrogen-bond donors (Lipinski definition) is 0. The van der Waals surface area contributed by atoms with Crippen LogP contribution in [0.3, 0.4) is 0 Å². The molecule has 66 valence electrons. The lowest BCUT2D eigenvalue weighted by Crippen LogP contribution is -2.62. The van der Waals surface area contributed by atoms with Gasteiger partial charge in [0.1, 0.15) is 0 Å². The van der Waals surface area contributed by atoms with E-state index in [1.54, 1.807) is 0 Å². The second-order valence-electron chi connectivity index (χ2n) is 3.47. The Balaban J connectivity index is 2.09. The third kappa shape index (κ3) is 0.894. The fourth-order valence-electron chi connectivity index (χ4n) is 2.00. The number of carbonyl (C=O) groups is 1. The summed E-state index contributed by atoms with van der Waals surface area (Å²) in [6, 6.07) is 0. The Morgan fingerprint density at radius 3 is 2.83 bits per heavy atom. The fourth-order valence-corrected chi connectivity index (χ4v) is 2.00. The summed E-state index contributed by atoms with van der Waals surface area (Å²) in [7, 11) is 0. The molecule has 2 aliphatic rings. The molecule has 2 heterocycles. The predicted molar refractivity (Wildman–Crippen MR) is 44.7 cm³/mol. The van der Waals surface area contributed by atoms with Gasteiger partial charge in [0.25, 0.3) is 0 Å². The molecular weight excluding hydrogens is 154 g/mol. The van der Waals surface area contributed by atoms with Gasteiger partial charge in [-0.1, -0.05) is 6.58 Å². The van der Waals surface area contributed by atoms with Crippen molar-refractivity contribution < 1.29 is 9.53 Å². The van der Waals surface area contributed by atoms with Crippen molar-refractivity contribution in [3.05, 3.63) is 12.7 Å². The zero-order chi connectivity index (χ0) is 8.60. The van der Waals surface area contributed by atoms with Crippen molar-refractivity contribution >= 4 is 5.91 Å². The van der Waals surface area contributed by atoms with Crippen molar-refractivity contribution in [1.82, 2.24) is 4.90 Å². The molecule has 2 saturated heterocycles. The van der Waals surface area contributed by atoms with Crippen LogP contribution in [0, 0.1) is 0 Å². The van der Waals surface area contributed by atoms with Gasteiger partial charge in [0.05, 0.1) is 12.1 Å². The Morgan fingerprint density at radius 2 is 2.42 bits per heavy atom. The summed E-state index contributed by atoms with van der Waals surface area (Å²) < 4.78 is 5.30. The highest BCUT2D eigenvalue weighted by Gasteiger charge is 2.49. The van der Waals surface area contributed by atoms with Crippen LogP contribution < -0.4 is 0 Å². The summed E-state index contributed by atoms with van der Waals surface area (Å²) in [5.41, 5.74) is 0.0469. The molecule has 1 atom stereocenters. The van der Waals surface area contributed by atoms with Crippen molar-refractivity contribution in [1.29, 1.82) is 0 Å². The van der Waals surface area contributed by atoms with Gasteiger partial charge in [-0.3, -0.25) is 4.79 Å². The minimum atomic E-state index is 0.0469. The molecule has 3 nitrogen and oxygen atoms in total. The summed E-state index contributed by atoms with van der Waals surface area (Å²) in [6.45, 7) is 5.86. The van der Waals surface area contributed by atoms with Gasteiger partial charge in [0.15, 0.2) is 0 Å². The van der Waals surface area contributed by atoms with Gasteiger partial charge in [-0.25, -0.2) is 0 Å². The van der Waals surface area contributed by atoms with Crippen molar-refractivity contribution in [2.75, 3.05) is 19.8 Å². The Labute approximate surface area is 72.0 Å². The second kappa shape index (κ2) is 2.59. The summed E-state index contributed by atoms with van der Waals surface area (Å²) in [4.78, 5) is 13.2. The monoisotopic (exact) mass is 167 g/mol. The van der Waals surface area contributed by atoms with E-state index in [0.29, 0.717) is 6.61 Å². The Morgan fingerprint density at radius 1 is 1.58 bits per heavy atom. The van der Waals surface area contributed by atoms with Crippen molar-refractivity contribution in [2.45, 2.75) is 18.4 Å². The molecule has 1 unspecified atom stereocenters. The number of rotatable bonds is 1. The molecule has 2 aliphatic heterocycles. The van der Waals surface area contributed by atoms with E-state index in [4.69, 9.17) is 4.74 Å². The molecule has 0 aromatic heterocycles. The maximum Gasteiger partial charge on any atom is 0.246 e. The standard InChI is InChI=1S/C9H13NO2/c1-2-8(11)10-5-3-9(10)4-6-12-7-9/h2H,1,3-7H2. The maximum absolute atomic E-state index is 11.3. The van der Waals surface area contributed by atoms with Gasteiger partial charge in [-0.05, 0) is 18.9 Å². The normalized spacial score (nSPS) is 33.5. The molecule has 0 radical (unpaired) electrons. The van der Waals surface area contributed by atoms with Crippen molar-refractivity contribution in [2.24, 2.45) is 0 Å². The lowest BCUT2D eigenvalue weighted by Gasteiger charge is -2.49. The van der Waals surface area contributed by atoms with Gasteiger partial charge in [-0.2, -0.15) is 0 Å². The Bertz CT molecular complexity index is 219. The van der Waals surface area contributed by atoms with E-state index in [0.717, 1.165) is 26.0 Å². The van der Waals surface area contributed by atoms with Crippen LogP contribution in [0.15, 0.2) is 12.7 Å². The maximum atomic E-state index is 11.3. The van der Waals surface area contributed by atoms with E-state index in [1.807, 2.05) is 4.90 Å². The average molecular weight is 167 g/mol. The molecule has 0 bridgehead atoms. The Hall–Kier alpha value is -0.830. The largest absolute Gasteiger partial charge is 0.379 e. The molecule has 12 heavy (non-hydrogen) atoms. The molecule has 0 N–H and O–H groups in total. The molecule has 2 rings (SSSR count). The molecule has 3 heteroatoms. The number of hydrogen-bond acceptors (Lipinski definition) is 2. The average Bonchev–Trinajstić information content (AvgIpc) is 2.52. The lowest BCUT2D eigenvalue weighted by atomic mass is 9.84. The number of ether oxygens (including phenoxy) is 1. The lowest BCUT2D eigenvalue weighted by molar-refractivity contribution is -0.141. The molecule has 0 aromatic carbocycles. The van der Waals surface area contributed by atoms with E-state index in [-0.39, 0.29) is 11.4 Å². The van der Waals surface area contributed by atoms with Crippen LogP contribution in [0.4, 0.5) is 0 Å². The first-order valence-electron chi connectivity index (χ1n) is 4.30.